The summed E-state index contributed by atoms with van der Waals surface area (Å²) in [6, 6.07) is 0. The second-order valence-corrected chi connectivity index (χ2v) is 10.6. The van der Waals surface area contributed by atoms with Gasteiger partial charge in [0.25, 0.3) is 0 Å². The fraction of sp³-hybridized carbons (Fsp3) is 0.810. The van der Waals surface area contributed by atoms with E-state index in [-0.39, 0.29) is 24.1 Å². The molecule has 0 aromatic carbocycles. The number of fused-ring (bicyclic) bond motifs is 3. The first-order valence-corrected chi connectivity index (χ1v) is 12.7. The number of ether oxygens (including phenoxy) is 4. The molecular weight excluding hydrogens is 394 g/mol. The molecule has 5 atom stereocenters. The summed E-state index contributed by atoms with van der Waals surface area (Å²) in [5, 5.41) is 1.30. The van der Waals surface area contributed by atoms with Crippen molar-refractivity contribution in [1.29, 1.82) is 0 Å². The molecule has 0 saturated carbocycles. The topological polar surface area (TPSA) is 40.2 Å². The second kappa shape index (κ2) is 9.00. The molecule has 0 amide bonds. The highest BCUT2D eigenvalue weighted by molar-refractivity contribution is 8.03. The van der Waals surface area contributed by atoms with Crippen molar-refractivity contribution in [2.24, 2.45) is 5.92 Å². The molecule has 0 radical (unpaired) electrons. The van der Waals surface area contributed by atoms with E-state index >= 15 is 0 Å². The average molecular weight is 426 g/mol. The number of hydrogen-bond donors (Lipinski definition) is 0. The van der Waals surface area contributed by atoms with Crippen LogP contribution in [0, 0.1) is 5.92 Å². The molecule has 2 bridgehead atoms. The summed E-state index contributed by atoms with van der Waals surface area (Å²) in [5.74, 6) is 1.81. The lowest BCUT2D eigenvalue weighted by Crippen LogP contribution is -2.55. The summed E-state index contributed by atoms with van der Waals surface area (Å²) in [6.45, 7) is 3.11. The molecule has 5 nitrogen and oxygen atoms in total. The number of thioether (sulfide) groups is 2. The second-order valence-electron chi connectivity index (χ2n) is 8.28. The summed E-state index contributed by atoms with van der Waals surface area (Å²) in [4.78, 5) is 2.52. The lowest BCUT2D eigenvalue weighted by molar-refractivity contribution is -0.316. The van der Waals surface area contributed by atoms with Crippen molar-refractivity contribution in [3.05, 3.63) is 23.6 Å². The van der Waals surface area contributed by atoms with Gasteiger partial charge in [-0.1, -0.05) is 35.7 Å². The molecular formula is C21H31NO4S2. The molecule has 6 aliphatic heterocycles. The van der Waals surface area contributed by atoms with Crippen LogP contribution < -0.4 is 0 Å². The Balaban J connectivity index is 1.32. The summed E-state index contributed by atoms with van der Waals surface area (Å²) in [5.41, 5.74) is -0.0478. The van der Waals surface area contributed by atoms with Gasteiger partial charge in [0.15, 0.2) is 6.29 Å². The molecule has 5 fully saturated rings. The SMILES string of the molecule is C1=CSC(OC2(OC3CCCCO3)SCCC2OC2CC3CCN2CC3)C=C1. The van der Waals surface area contributed by atoms with Gasteiger partial charge in [-0.05, 0) is 62.3 Å². The number of piperidine rings is 3. The minimum absolute atomic E-state index is 0.0478. The van der Waals surface area contributed by atoms with Crippen LogP contribution in [0.25, 0.3) is 0 Å². The van der Waals surface area contributed by atoms with Gasteiger partial charge in [-0.15, -0.1) is 0 Å². The quantitative estimate of drug-likeness (QED) is 0.587. The van der Waals surface area contributed by atoms with Gasteiger partial charge in [-0.3, -0.25) is 4.90 Å². The lowest BCUT2D eigenvalue weighted by atomic mass is 9.87. The Morgan fingerprint density at radius 2 is 1.96 bits per heavy atom. The number of allylic oxidation sites excluding steroid dienone is 2. The minimum Gasteiger partial charge on any atom is -0.353 e. The third kappa shape index (κ3) is 4.36. The molecule has 0 N–H and O–H groups in total. The van der Waals surface area contributed by atoms with E-state index in [4.69, 9.17) is 18.9 Å². The van der Waals surface area contributed by atoms with Gasteiger partial charge in [0.2, 0.25) is 5.12 Å². The van der Waals surface area contributed by atoms with Crippen LogP contribution >= 0.6 is 23.5 Å². The van der Waals surface area contributed by atoms with Crippen molar-refractivity contribution >= 4 is 23.5 Å². The Labute approximate surface area is 176 Å². The van der Waals surface area contributed by atoms with E-state index in [1.54, 1.807) is 23.5 Å². The molecule has 0 aromatic rings. The van der Waals surface area contributed by atoms with Crippen LogP contribution in [0.5, 0.6) is 0 Å². The summed E-state index contributed by atoms with van der Waals surface area (Å²) in [7, 11) is 0. The van der Waals surface area contributed by atoms with E-state index in [0.29, 0.717) is 0 Å². The van der Waals surface area contributed by atoms with Crippen LogP contribution in [0.3, 0.4) is 0 Å². The van der Waals surface area contributed by atoms with Gasteiger partial charge in [-0.25, -0.2) is 0 Å². The zero-order valence-corrected chi connectivity index (χ0v) is 18.0. The van der Waals surface area contributed by atoms with E-state index in [1.165, 1.54) is 25.9 Å². The fourth-order valence-corrected chi connectivity index (χ4v) is 6.90. The highest BCUT2D eigenvalue weighted by Crippen LogP contribution is 2.48. The van der Waals surface area contributed by atoms with E-state index in [1.807, 2.05) is 12.2 Å². The standard InChI is InChI=1S/C21H31NO4S2/c1-3-12-23-19(5-1)25-21(26-20-6-2-4-13-27-20)17(9-14-28-21)24-18-15-16-7-10-22(18)11-8-16/h2,4,6,13,16-20H,1,3,5,7-12,14-15H2. The van der Waals surface area contributed by atoms with Crippen molar-refractivity contribution in [3.63, 3.8) is 0 Å². The largest absolute Gasteiger partial charge is 0.353 e. The minimum atomic E-state index is -0.785. The molecule has 6 rings (SSSR count). The van der Waals surface area contributed by atoms with E-state index < -0.39 is 5.12 Å². The number of rotatable bonds is 6. The maximum atomic E-state index is 6.73. The monoisotopic (exact) mass is 425 g/mol. The van der Waals surface area contributed by atoms with Crippen molar-refractivity contribution < 1.29 is 18.9 Å². The smallest absolute Gasteiger partial charge is 0.249 e. The van der Waals surface area contributed by atoms with Gasteiger partial charge in [0, 0.05) is 25.4 Å². The molecule has 156 valence electrons. The summed E-state index contributed by atoms with van der Waals surface area (Å²) < 4.78 is 25.9. The van der Waals surface area contributed by atoms with Crippen molar-refractivity contribution in [2.75, 3.05) is 25.4 Å². The normalized spacial score (nSPS) is 45.6. The summed E-state index contributed by atoms with van der Waals surface area (Å²) in [6.07, 6.45) is 14.1. The molecule has 28 heavy (non-hydrogen) atoms. The van der Waals surface area contributed by atoms with Crippen LogP contribution in [-0.4, -0.2) is 59.5 Å². The highest BCUT2D eigenvalue weighted by Gasteiger charge is 2.52. The lowest BCUT2D eigenvalue weighted by Gasteiger charge is -2.47. The van der Waals surface area contributed by atoms with Gasteiger partial charge in [0.1, 0.15) is 17.8 Å². The average Bonchev–Trinajstić information content (AvgIpc) is 3.12. The maximum absolute atomic E-state index is 6.73. The first kappa shape index (κ1) is 19.9. The molecule has 0 aliphatic carbocycles. The molecule has 5 saturated heterocycles. The molecule has 5 unspecified atom stereocenters. The first-order chi connectivity index (χ1) is 13.8. The maximum Gasteiger partial charge on any atom is 0.249 e. The van der Waals surface area contributed by atoms with Crippen molar-refractivity contribution in [2.45, 2.75) is 74.1 Å². The third-order valence-corrected chi connectivity index (χ3v) is 8.51. The zero-order valence-electron chi connectivity index (χ0n) is 16.4. The molecule has 6 heterocycles. The van der Waals surface area contributed by atoms with Crippen LogP contribution in [0.4, 0.5) is 0 Å². The Bertz CT molecular complexity index is 589. The van der Waals surface area contributed by atoms with E-state index in [2.05, 4.69) is 16.4 Å². The number of nitrogens with zero attached hydrogens (tertiary/aromatic N) is 1. The van der Waals surface area contributed by atoms with Crippen molar-refractivity contribution in [1.82, 2.24) is 4.90 Å². The Kier molecular flexibility index (Phi) is 6.40. The van der Waals surface area contributed by atoms with Gasteiger partial charge in [-0.2, -0.15) is 0 Å². The van der Waals surface area contributed by atoms with Crippen LogP contribution in [0.1, 0.15) is 44.9 Å². The predicted molar refractivity (Wildman–Crippen MR) is 113 cm³/mol. The number of hydrogen-bond acceptors (Lipinski definition) is 7. The van der Waals surface area contributed by atoms with Crippen molar-refractivity contribution in [3.8, 4) is 0 Å². The van der Waals surface area contributed by atoms with Crippen LogP contribution in [0.15, 0.2) is 23.6 Å². The van der Waals surface area contributed by atoms with Crippen LogP contribution in [0.2, 0.25) is 0 Å². The van der Waals surface area contributed by atoms with Gasteiger partial charge >= 0.3 is 0 Å². The zero-order chi connectivity index (χ0) is 18.8. The van der Waals surface area contributed by atoms with E-state index in [0.717, 1.165) is 50.4 Å². The fourth-order valence-electron chi connectivity index (χ4n) is 4.80. The third-order valence-electron chi connectivity index (χ3n) is 6.37. The molecule has 0 spiro atoms. The first-order valence-electron chi connectivity index (χ1n) is 10.8. The summed E-state index contributed by atoms with van der Waals surface area (Å²) >= 11 is 3.44. The predicted octanol–water partition coefficient (Wildman–Crippen LogP) is 4.31. The van der Waals surface area contributed by atoms with E-state index in [9.17, 15) is 0 Å². The van der Waals surface area contributed by atoms with Gasteiger partial charge < -0.3 is 18.9 Å². The molecule has 6 aliphatic rings. The molecule has 0 aromatic heterocycles. The van der Waals surface area contributed by atoms with Gasteiger partial charge in [0.05, 0.1) is 0 Å². The Morgan fingerprint density at radius 3 is 2.68 bits per heavy atom. The highest BCUT2D eigenvalue weighted by atomic mass is 32.2. The van der Waals surface area contributed by atoms with Crippen LogP contribution in [-0.2, 0) is 18.9 Å². The Morgan fingerprint density at radius 1 is 1.04 bits per heavy atom. The Hall–Kier alpha value is -0.0200. The molecule has 7 heteroatoms.